The summed E-state index contributed by atoms with van der Waals surface area (Å²) in [5.41, 5.74) is 1.74. The molecule has 0 radical (unpaired) electrons. The Kier molecular flexibility index (Phi) is 3.35. The molecule has 0 unspecified atom stereocenters. The minimum atomic E-state index is -0.450. The summed E-state index contributed by atoms with van der Waals surface area (Å²) >= 11 is 0. The van der Waals surface area contributed by atoms with Gasteiger partial charge in [-0.25, -0.2) is 9.50 Å². The molecule has 3 aromatic rings. The van der Waals surface area contributed by atoms with Crippen molar-refractivity contribution in [2.75, 3.05) is 5.32 Å². The summed E-state index contributed by atoms with van der Waals surface area (Å²) in [6.45, 7) is 3.96. The quantitative estimate of drug-likeness (QED) is 0.780. The van der Waals surface area contributed by atoms with Crippen LogP contribution < -0.4 is 5.32 Å². The predicted molar refractivity (Wildman–Crippen MR) is 74.0 cm³/mol. The zero-order chi connectivity index (χ0) is 14.8. The molecule has 0 fully saturated rings. The van der Waals surface area contributed by atoms with Crippen LogP contribution >= 0.6 is 0 Å². The smallest absolute Gasteiger partial charge is 0.297 e. The van der Waals surface area contributed by atoms with Gasteiger partial charge >= 0.3 is 0 Å². The molecule has 8 heteroatoms. The van der Waals surface area contributed by atoms with Crippen LogP contribution in [0.3, 0.4) is 0 Å². The van der Waals surface area contributed by atoms with Crippen LogP contribution in [0, 0.1) is 0 Å². The summed E-state index contributed by atoms with van der Waals surface area (Å²) in [4.78, 5) is 20.3. The lowest BCUT2D eigenvalue weighted by Crippen LogP contribution is -2.14. The molecule has 3 heterocycles. The second-order valence-electron chi connectivity index (χ2n) is 4.40. The van der Waals surface area contributed by atoms with E-state index in [2.05, 4.69) is 25.5 Å². The SMILES string of the molecule is CCc1noc(NC(=O)c2nc3ncccn3n2)c1CC. The minimum Gasteiger partial charge on any atom is -0.338 e. The standard InChI is InChI=1S/C13H14N6O2/c1-3-8-9(4-2)18-21-12(8)16-11(20)10-15-13-14-6-5-7-19(13)17-10/h5-7H,3-4H2,1-2H3,(H,16,20). The molecule has 0 saturated carbocycles. The first-order valence-electron chi connectivity index (χ1n) is 6.69. The summed E-state index contributed by atoms with van der Waals surface area (Å²) in [5, 5.41) is 10.7. The van der Waals surface area contributed by atoms with Crippen molar-refractivity contribution in [2.24, 2.45) is 0 Å². The van der Waals surface area contributed by atoms with Gasteiger partial charge in [-0.05, 0) is 18.9 Å². The zero-order valence-electron chi connectivity index (χ0n) is 11.7. The number of hydrogen-bond acceptors (Lipinski definition) is 6. The first-order valence-corrected chi connectivity index (χ1v) is 6.69. The molecule has 0 aliphatic carbocycles. The molecule has 3 rings (SSSR count). The highest BCUT2D eigenvalue weighted by Gasteiger charge is 2.19. The van der Waals surface area contributed by atoms with Gasteiger partial charge in [0.2, 0.25) is 11.7 Å². The van der Waals surface area contributed by atoms with Crippen LogP contribution in [0.1, 0.15) is 35.7 Å². The predicted octanol–water partition coefficient (Wildman–Crippen LogP) is 1.49. The highest BCUT2D eigenvalue weighted by atomic mass is 16.5. The van der Waals surface area contributed by atoms with E-state index in [9.17, 15) is 4.79 Å². The Bertz CT molecular complexity index is 758. The average Bonchev–Trinajstić information content (AvgIpc) is 3.10. The molecular weight excluding hydrogens is 272 g/mol. The van der Waals surface area contributed by atoms with E-state index in [-0.39, 0.29) is 5.82 Å². The second-order valence-corrected chi connectivity index (χ2v) is 4.40. The van der Waals surface area contributed by atoms with Crippen molar-refractivity contribution < 1.29 is 9.32 Å². The molecule has 1 amide bonds. The molecule has 0 saturated heterocycles. The summed E-state index contributed by atoms with van der Waals surface area (Å²) in [6, 6.07) is 1.71. The van der Waals surface area contributed by atoms with Crippen molar-refractivity contribution in [3.8, 4) is 0 Å². The molecule has 0 aliphatic rings. The van der Waals surface area contributed by atoms with E-state index in [0.717, 1.165) is 24.1 Å². The Morgan fingerprint density at radius 3 is 2.95 bits per heavy atom. The maximum absolute atomic E-state index is 12.2. The van der Waals surface area contributed by atoms with E-state index >= 15 is 0 Å². The first kappa shape index (κ1) is 13.2. The lowest BCUT2D eigenvalue weighted by Gasteiger charge is -2.00. The molecule has 108 valence electrons. The molecule has 8 nitrogen and oxygen atoms in total. The summed E-state index contributed by atoms with van der Waals surface area (Å²) in [7, 11) is 0. The molecule has 0 atom stereocenters. The molecular formula is C13H14N6O2. The van der Waals surface area contributed by atoms with Crippen molar-refractivity contribution in [3.63, 3.8) is 0 Å². The highest BCUT2D eigenvalue weighted by molar-refractivity contribution is 6.01. The molecule has 0 spiro atoms. The van der Waals surface area contributed by atoms with Gasteiger partial charge in [-0.1, -0.05) is 19.0 Å². The lowest BCUT2D eigenvalue weighted by atomic mass is 10.1. The number of carbonyl (C=O) groups is 1. The van der Waals surface area contributed by atoms with Gasteiger partial charge in [0.1, 0.15) is 0 Å². The van der Waals surface area contributed by atoms with Gasteiger partial charge < -0.3 is 4.52 Å². The third kappa shape index (κ3) is 2.35. The Hall–Kier alpha value is -2.77. The van der Waals surface area contributed by atoms with E-state index in [1.165, 1.54) is 4.52 Å². The Morgan fingerprint density at radius 2 is 2.24 bits per heavy atom. The van der Waals surface area contributed by atoms with Gasteiger partial charge in [0, 0.05) is 18.0 Å². The molecule has 0 aliphatic heterocycles. The number of aryl methyl sites for hydroxylation is 1. The van der Waals surface area contributed by atoms with E-state index < -0.39 is 5.91 Å². The fourth-order valence-corrected chi connectivity index (χ4v) is 2.07. The van der Waals surface area contributed by atoms with E-state index in [1.54, 1.807) is 18.5 Å². The largest absolute Gasteiger partial charge is 0.338 e. The van der Waals surface area contributed by atoms with Crippen LogP contribution in [-0.4, -0.2) is 30.6 Å². The van der Waals surface area contributed by atoms with Crippen LogP contribution in [0.4, 0.5) is 5.88 Å². The molecule has 0 aromatic carbocycles. The van der Waals surface area contributed by atoms with Gasteiger partial charge in [-0.2, -0.15) is 4.98 Å². The van der Waals surface area contributed by atoms with Crippen LogP contribution in [0.2, 0.25) is 0 Å². The summed E-state index contributed by atoms with van der Waals surface area (Å²) in [5.74, 6) is 0.301. The number of rotatable bonds is 4. The number of hydrogen-bond donors (Lipinski definition) is 1. The van der Waals surface area contributed by atoms with E-state index in [1.807, 2.05) is 13.8 Å². The third-order valence-electron chi connectivity index (χ3n) is 3.10. The maximum Gasteiger partial charge on any atom is 0.297 e. The van der Waals surface area contributed by atoms with E-state index in [4.69, 9.17) is 4.52 Å². The number of fused-ring (bicyclic) bond motifs is 1. The fraction of sp³-hybridized carbons (Fsp3) is 0.308. The van der Waals surface area contributed by atoms with Crippen molar-refractivity contribution in [3.05, 3.63) is 35.5 Å². The van der Waals surface area contributed by atoms with E-state index in [0.29, 0.717) is 11.7 Å². The van der Waals surface area contributed by atoms with Gasteiger partial charge in [0.25, 0.3) is 11.7 Å². The average molecular weight is 286 g/mol. The molecule has 21 heavy (non-hydrogen) atoms. The van der Waals surface area contributed by atoms with Crippen LogP contribution in [0.5, 0.6) is 0 Å². The summed E-state index contributed by atoms with van der Waals surface area (Å²) in [6.07, 6.45) is 4.74. The number of amides is 1. The molecule has 1 N–H and O–H groups in total. The van der Waals surface area contributed by atoms with Gasteiger partial charge in [-0.15, -0.1) is 5.10 Å². The summed E-state index contributed by atoms with van der Waals surface area (Å²) < 4.78 is 6.62. The van der Waals surface area contributed by atoms with Crippen molar-refractivity contribution in [1.29, 1.82) is 0 Å². The topological polar surface area (TPSA) is 98.2 Å². The fourth-order valence-electron chi connectivity index (χ4n) is 2.07. The normalized spacial score (nSPS) is 11.0. The highest BCUT2D eigenvalue weighted by Crippen LogP contribution is 2.21. The Labute approximate surface area is 120 Å². The number of nitrogens with one attached hydrogen (secondary N) is 1. The maximum atomic E-state index is 12.2. The molecule has 0 bridgehead atoms. The van der Waals surface area contributed by atoms with Crippen molar-refractivity contribution in [1.82, 2.24) is 24.7 Å². The molecule has 3 aromatic heterocycles. The van der Waals surface area contributed by atoms with Crippen LogP contribution in [-0.2, 0) is 12.8 Å². The second kappa shape index (κ2) is 5.31. The first-order chi connectivity index (χ1) is 10.2. The Balaban J connectivity index is 1.87. The zero-order valence-corrected chi connectivity index (χ0v) is 11.7. The lowest BCUT2D eigenvalue weighted by molar-refractivity contribution is 0.101. The van der Waals surface area contributed by atoms with Gasteiger partial charge in [0.15, 0.2) is 0 Å². The number of aromatic nitrogens is 5. The van der Waals surface area contributed by atoms with Crippen molar-refractivity contribution in [2.45, 2.75) is 26.7 Å². The van der Waals surface area contributed by atoms with Crippen LogP contribution in [0.15, 0.2) is 23.0 Å². The van der Waals surface area contributed by atoms with Gasteiger partial charge in [-0.3, -0.25) is 10.1 Å². The monoisotopic (exact) mass is 286 g/mol. The van der Waals surface area contributed by atoms with Gasteiger partial charge in [0.05, 0.1) is 5.69 Å². The Morgan fingerprint density at radius 1 is 1.38 bits per heavy atom. The minimum absolute atomic E-state index is 0.0326. The van der Waals surface area contributed by atoms with Crippen LogP contribution in [0.25, 0.3) is 5.78 Å². The number of nitrogens with zero attached hydrogens (tertiary/aromatic N) is 5. The van der Waals surface area contributed by atoms with Crippen molar-refractivity contribution >= 4 is 17.6 Å². The third-order valence-corrected chi connectivity index (χ3v) is 3.10. The number of carbonyl (C=O) groups excluding carboxylic acids is 1. The number of anilines is 1.